The zero-order chi connectivity index (χ0) is 13.7. The first kappa shape index (κ1) is 14.6. The highest BCUT2D eigenvalue weighted by molar-refractivity contribution is 5.02. The minimum Gasteiger partial charge on any atom is -0.314 e. The summed E-state index contributed by atoms with van der Waals surface area (Å²) < 4.78 is 1.92. The third-order valence-electron chi connectivity index (χ3n) is 4.49. The van der Waals surface area contributed by atoms with Crippen molar-refractivity contribution in [3.05, 3.63) is 18.0 Å². The summed E-state index contributed by atoms with van der Waals surface area (Å²) in [6, 6.07) is 2.87. The Kier molecular flexibility index (Phi) is 5.44. The van der Waals surface area contributed by atoms with E-state index in [0.717, 1.165) is 24.8 Å². The van der Waals surface area contributed by atoms with Crippen LogP contribution < -0.4 is 5.32 Å². The quantitative estimate of drug-likeness (QED) is 0.854. The fourth-order valence-corrected chi connectivity index (χ4v) is 3.63. The number of aryl methyl sites for hydroxylation is 1. The van der Waals surface area contributed by atoms with Crippen molar-refractivity contribution in [1.82, 2.24) is 15.1 Å². The molecule has 19 heavy (non-hydrogen) atoms. The lowest BCUT2D eigenvalue weighted by atomic mass is 9.74. The number of rotatable bonds is 6. The molecule has 0 aromatic carbocycles. The Balaban J connectivity index is 1.98. The minimum atomic E-state index is 0.695. The maximum atomic E-state index is 4.56. The normalized spacial score (nSPS) is 27.6. The Bertz CT molecular complexity index is 372. The average molecular weight is 263 g/mol. The molecule has 1 aromatic rings. The lowest BCUT2D eigenvalue weighted by Gasteiger charge is -2.36. The van der Waals surface area contributed by atoms with Gasteiger partial charge in [0, 0.05) is 19.3 Å². The van der Waals surface area contributed by atoms with Gasteiger partial charge in [-0.3, -0.25) is 4.68 Å². The minimum absolute atomic E-state index is 0.695. The van der Waals surface area contributed by atoms with Crippen LogP contribution in [0.15, 0.2) is 12.3 Å². The Morgan fingerprint density at radius 2 is 2.21 bits per heavy atom. The highest BCUT2D eigenvalue weighted by Crippen LogP contribution is 2.33. The van der Waals surface area contributed by atoms with E-state index in [4.69, 9.17) is 0 Å². The van der Waals surface area contributed by atoms with Crippen molar-refractivity contribution in [3.8, 4) is 0 Å². The SMILES string of the molecule is CCCC1CCC(NCC)C(Cc2ccn(C)n2)C1. The number of nitrogens with zero attached hydrogens (tertiary/aromatic N) is 2. The summed E-state index contributed by atoms with van der Waals surface area (Å²) in [6.45, 7) is 5.61. The molecule has 3 nitrogen and oxygen atoms in total. The first-order valence-corrected chi connectivity index (χ1v) is 7.94. The Morgan fingerprint density at radius 3 is 2.84 bits per heavy atom. The second kappa shape index (κ2) is 7.09. The van der Waals surface area contributed by atoms with E-state index in [0.29, 0.717) is 6.04 Å². The maximum Gasteiger partial charge on any atom is 0.0627 e. The van der Waals surface area contributed by atoms with Crippen molar-refractivity contribution in [2.45, 2.75) is 58.4 Å². The van der Waals surface area contributed by atoms with Gasteiger partial charge in [-0.1, -0.05) is 26.7 Å². The molecule has 3 atom stereocenters. The van der Waals surface area contributed by atoms with Crippen molar-refractivity contribution < 1.29 is 0 Å². The molecule has 2 rings (SSSR count). The van der Waals surface area contributed by atoms with Gasteiger partial charge in [0.05, 0.1) is 5.69 Å². The molecule has 1 aromatic heterocycles. The molecule has 1 N–H and O–H groups in total. The molecule has 0 amide bonds. The molecule has 1 aliphatic carbocycles. The predicted octanol–water partition coefficient (Wildman–Crippen LogP) is 3.16. The van der Waals surface area contributed by atoms with Crippen LogP contribution in [0.25, 0.3) is 0 Å². The molecule has 1 fully saturated rings. The monoisotopic (exact) mass is 263 g/mol. The first-order chi connectivity index (χ1) is 9.22. The molecule has 0 radical (unpaired) electrons. The summed E-state index contributed by atoms with van der Waals surface area (Å²) in [7, 11) is 2.01. The third kappa shape index (κ3) is 4.07. The number of hydrogen-bond donors (Lipinski definition) is 1. The number of aromatic nitrogens is 2. The molecule has 1 saturated carbocycles. The van der Waals surface area contributed by atoms with Crippen LogP contribution in [-0.2, 0) is 13.5 Å². The number of hydrogen-bond acceptors (Lipinski definition) is 2. The van der Waals surface area contributed by atoms with Gasteiger partial charge in [0.15, 0.2) is 0 Å². The molecule has 3 heteroatoms. The Morgan fingerprint density at radius 1 is 1.37 bits per heavy atom. The van der Waals surface area contributed by atoms with Crippen LogP contribution in [-0.4, -0.2) is 22.4 Å². The van der Waals surface area contributed by atoms with Gasteiger partial charge in [-0.05, 0) is 50.1 Å². The highest BCUT2D eigenvalue weighted by Gasteiger charge is 2.30. The predicted molar refractivity (Wildman–Crippen MR) is 80.1 cm³/mol. The van der Waals surface area contributed by atoms with Gasteiger partial charge in [-0.15, -0.1) is 0 Å². The van der Waals surface area contributed by atoms with Gasteiger partial charge in [0.1, 0.15) is 0 Å². The smallest absolute Gasteiger partial charge is 0.0627 e. The maximum absolute atomic E-state index is 4.56. The molecule has 0 bridgehead atoms. The van der Waals surface area contributed by atoms with Gasteiger partial charge in [-0.2, -0.15) is 5.10 Å². The lowest BCUT2D eigenvalue weighted by Crippen LogP contribution is -2.41. The molecule has 0 spiro atoms. The van der Waals surface area contributed by atoms with E-state index in [1.165, 1.54) is 37.8 Å². The van der Waals surface area contributed by atoms with E-state index in [1.54, 1.807) is 0 Å². The van der Waals surface area contributed by atoms with Crippen LogP contribution in [0.5, 0.6) is 0 Å². The van der Waals surface area contributed by atoms with Gasteiger partial charge >= 0.3 is 0 Å². The third-order valence-corrected chi connectivity index (χ3v) is 4.49. The topological polar surface area (TPSA) is 29.9 Å². The van der Waals surface area contributed by atoms with E-state index >= 15 is 0 Å². The van der Waals surface area contributed by atoms with E-state index in [2.05, 4.69) is 36.5 Å². The first-order valence-electron chi connectivity index (χ1n) is 7.94. The lowest BCUT2D eigenvalue weighted by molar-refractivity contribution is 0.194. The van der Waals surface area contributed by atoms with Crippen LogP contribution in [0.2, 0.25) is 0 Å². The van der Waals surface area contributed by atoms with Crippen molar-refractivity contribution >= 4 is 0 Å². The van der Waals surface area contributed by atoms with Crippen LogP contribution in [0.4, 0.5) is 0 Å². The van der Waals surface area contributed by atoms with Crippen molar-refractivity contribution in [2.75, 3.05) is 6.54 Å². The second-order valence-corrected chi connectivity index (χ2v) is 6.08. The van der Waals surface area contributed by atoms with Crippen molar-refractivity contribution in [2.24, 2.45) is 18.9 Å². The second-order valence-electron chi connectivity index (χ2n) is 6.08. The Hall–Kier alpha value is -0.830. The fraction of sp³-hybridized carbons (Fsp3) is 0.812. The fourth-order valence-electron chi connectivity index (χ4n) is 3.63. The molecule has 1 heterocycles. The van der Waals surface area contributed by atoms with E-state index < -0.39 is 0 Å². The van der Waals surface area contributed by atoms with Crippen LogP contribution >= 0.6 is 0 Å². The van der Waals surface area contributed by atoms with Gasteiger partial charge < -0.3 is 5.32 Å². The van der Waals surface area contributed by atoms with Crippen LogP contribution in [0.3, 0.4) is 0 Å². The molecular formula is C16H29N3. The standard InChI is InChI=1S/C16H29N3/c1-4-6-13-7-8-16(17-5-2)14(11-13)12-15-9-10-19(3)18-15/h9-10,13-14,16-17H,4-8,11-12H2,1-3H3. The van der Waals surface area contributed by atoms with Crippen molar-refractivity contribution in [3.63, 3.8) is 0 Å². The number of nitrogens with one attached hydrogen (secondary N) is 1. The van der Waals surface area contributed by atoms with Crippen LogP contribution in [0, 0.1) is 11.8 Å². The van der Waals surface area contributed by atoms with Gasteiger partial charge in [-0.25, -0.2) is 0 Å². The molecule has 1 aliphatic rings. The van der Waals surface area contributed by atoms with Gasteiger partial charge in [0.2, 0.25) is 0 Å². The summed E-state index contributed by atoms with van der Waals surface area (Å²) >= 11 is 0. The molecule has 0 saturated heterocycles. The summed E-state index contributed by atoms with van der Waals surface area (Å²) in [5.41, 5.74) is 1.26. The van der Waals surface area contributed by atoms with E-state index in [-0.39, 0.29) is 0 Å². The summed E-state index contributed by atoms with van der Waals surface area (Å²) in [6.07, 6.45) is 10.1. The summed E-state index contributed by atoms with van der Waals surface area (Å²) in [5.74, 6) is 1.70. The summed E-state index contributed by atoms with van der Waals surface area (Å²) in [5, 5.41) is 8.25. The largest absolute Gasteiger partial charge is 0.314 e. The zero-order valence-electron chi connectivity index (χ0n) is 12.7. The van der Waals surface area contributed by atoms with Crippen LogP contribution in [0.1, 0.15) is 51.6 Å². The van der Waals surface area contributed by atoms with E-state index in [1.807, 2.05) is 11.7 Å². The summed E-state index contributed by atoms with van der Waals surface area (Å²) in [4.78, 5) is 0. The van der Waals surface area contributed by atoms with Crippen molar-refractivity contribution in [1.29, 1.82) is 0 Å². The highest BCUT2D eigenvalue weighted by atomic mass is 15.2. The zero-order valence-corrected chi connectivity index (χ0v) is 12.7. The molecule has 3 unspecified atom stereocenters. The molecular weight excluding hydrogens is 234 g/mol. The van der Waals surface area contributed by atoms with E-state index in [9.17, 15) is 0 Å². The van der Waals surface area contributed by atoms with Gasteiger partial charge in [0.25, 0.3) is 0 Å². The molecule has 108 valence electrons. The Labute approximate surface area is 117 Å². The molecule has 0 aliphatic heterocycles. The average Bonchev–Trinajstić information content (AvgIpc) is 2.79.